The zero-order chi connectivity index (χ0) is 17.2. The Balaban J connectivity index is 2.13. The van der Waals surface area contributed by atoms with Crippen LogP contribution in [0.4, 0.5) is 0 Å². The van der Waals surface area contributed by atoms with Crippen molar-refractivity contribution >= 4 is 43.3 Å². The summed E-state index contributed by atoms with van der Waals surface area (Å²) >= 11 is 2.36. The maximum Gasteiger partial charge on any atom is 0.222 e. The number of aryl methyl sites for hydroxylation is 2. The Morgan fingerprint density at radius 3 is 2.42 bits per heavy atom. The lowest BCUT2D eigenvalue weighted by atomic mass is 10.2. The quantitative estimate of drug-likeness (QED) is 0.300. The molecule has 126 valence electrons. The molecule has 0 atom stereocenters. The summed E-state index contributed by atoms with van der Waals surface area (Å²) in [6.45, 7) is 2.67. The van der Waals surface area contributed by atoms with Crippen LogP contribution in [-0.2, 0) is 16.4 Å². The second-order valence-electron chi connectivity index (χ2n) is 5.91. The van der Waals surface area contributed by atoms with Gasteiger partial charge < -0.3 is 4.57 Å². The molecule has 0 unspecified atom stereocenters. The maximum absolute atomic E-state index is 13.1. The van der Waals surface area contributed by atoms with E-state index < -0.39 is 9.84 Å². The maximum atomic E-state index is 13.1. The van der Waals surface area contributed by atoms with Gasteiger partial charge >= 0.3 is 0 Å². The van der Waals surface area contributed by atoms with Crippen LogP contribution < -0.4 is 0 Å². The van der Waals surface area contributed by atoms with Gasteiger partial charge in [-0.15, -0.1) is 0 Å². The molecule has 1 heterocycles. The van der Waals surface area contributed by atoms with Gasteiger partial charge in [-0.3, -0.25) is 0 Å². The van der Waals surface area contributed by atoms with E-state index in [1.807, 2.05) is 47.9 Å². The second kappa shape index (κ2) is 7.27. The summed E-state index contributed by atoms with van der Waals surface area (Å²) in [6.07, 6.45) is 2.05. The van der Waals surface area contributed by atoms with Crippen LogP contribution in [0.3, 0.4) is 0 Å². The lowest BCUT2D eigenvalue weighted by molar-refractivity contribution is 0.566. The summed E-state index contributed by atoms with van der Waals surface area (Å²) in [4.78, 5) is 0.353. The van der Waals surface area contributed by atoms with Crippen molar-refractivity contribution in [3.8, 4) is 0 Å². The number of aromatic nitrogens is 1. The van der Waals surface area contributed by atoms with E-state index in [0.29, 0.717) is 9.92 Å². The largest absolute Gasteiger partial charge is 0.331 e. The van der Waals surface area contributed by atoms with Crippen LogP contribution in [0.15, 0.2) is 64.5 Å². The topological polar surface area (TPSA) is 39.1 Å². The molecule has 0 bridgehead atoms. The Labute approximate surface area is 156 Å². The Bertz CT molecular complexity index is 943. The summed E-state index contributed by atoms with van der Waals surface area (Å²) in [5, 5.41) is 1.36. The van der Waals surface area contributed by atoms with Gasteiger partial charge in [-0.25, -0.2) is 8.42 Å². The zero-order valence-electron chi connectivity index (χ0n) is 13.6. The molecular weight excluding hydrogens is 433 g/mol. The number of hydrogen-bond acceptors (Lipinski definition) is 2. The first kappa shape index (κ1) is 17.5. The van der Waals surface area contributed by atoms with E-state index in [-0.39, 0.29) is 0 Å². The lowest BCUT2D eigenvalue weighted by Crippen LogP contribution is -2.10. The van der Waals surface area contributed by atoms with Crippen LogP contribution in [-0.4, -0.2) is 17.4 Å². The predicted molar refractivity (Wildman–Crippen MR) is 107 cm³/mol. The molecule has 0 aliphatic carbocycles. The number of benzene rings is 2. The van der Waals surface area contributed by atoms with Gasteiger partial charge in [0.15, 0.2) is 0 Å². The second-order valence-corrected chi connectivity index (χ2v) is 8.88. The van der Waals surface area contributed by atoms with E-state index >= 15 is 0 Å². The molecular formula is C19H20INO2S. The van der Waals surface area contributed by atoms with Gasteiger partial charge in [-0.05, 0) is 48.5 Å². The molecule has 0 aliphatic heterocycles. The third kappa shape index (κ3) is 3.37. The highest BCUT2D eigenvalue weighted by molar-refractivity contribution is 14.1. The highest BCUT2D eigenvalue weighted by atomic mass is 127. The van der Waals surface area contributed by atoms with Crippen molar-refractivity contribution in [1.82, 2.24) is 4.57 Å². The van der Waals surface area contributed by atoms with Gasteiger partial charge in [0.1, 0.15) is 5.03 Å². The fourth-order valence-corrected chi connectivity index (χ4v) is 4.88. The minimum Gasteiger partial charge on any atom is -0.331 e. The van der Waals surface area contributed by atoms with Crippen molar-refractivity contribution in [2.75, 3.05) is 4.43 Å². The molecule has 3 nitrogen and oxygen atoms in total. The molecule has 0 spiro atoms. The van der Waals surface area contributed by atoms with Crippen molar-refractivity contribution in [2.24, 2.45) is 0 Å². The Kier molecular flexibility index (Phi) is 5.30. The minimum atomic E-state index is -3.52. The summed E-state index contributed by atoms with van der Waals surface area (Å²) in [7, 11) is -3.52. The molecule has 0 aliphatic rings. The summed E-state index contributed by atoms with van der Waals surface area (Å²) in [5.74, 6) is 0. The third-order valence-electron chi connectivity index (χ3n) is 4.14. The van der Waals surface area contributed by atoms with Crippen molar-refractivity contribution in [2.45, 2.75) is 36.2 Å². The number of rotatable bonds is 6. The molecule has 3 aromatic rings. The Hall–Kier alpha value is -1.34. The summed E-state index contributed by atoms with van der Waals surface area (Å²) in [6, 6.07) is 16.7. The number of unbranched alkanes of at least 4 members (excludes halogenated alkanes) is 1. The standard InChI is InChI=1S/C19H20INO2S/c1-15-8-10-17(11-9-15)24(22,23)19-14-16-6-2-3-7-18(16)21(19)13-5-4-12-20/h2-3,6-11,14H,4-5,12-13H2,1H3. The molecule has 2 aromatic carbocycles. The molecule has 24 heavy (non-hydrogen) atoms. The Morgan fingerprint density at radius 2 is 1.71 bits per heavy atom. The average molecular weight is 453 g/mol. The number of alkyl halides is 1. The van der Waals surface area contributed by atoms with E-state index in [4.69, 9.17) is 0 Å². The van der Waals surface area contributed by atoms with Crippen LogP contribution in [0, 0.1) is 6.92 Å². The van der Waals surface area contributed by atoms with Crippen molar-refractivity contribution in [3.63, 3.8) is 0 Å². The van der Waals surface area contributed by atoms with E-state index in [1.54, 1.807) is 18.2 Å². The van der Waals surface area contributed by atoms with Crippen LogP contribution in [0.25, 0.3) is 10.9 Å². The molecule has 3 rings (SSSR count). The van der Waals surface area contributed by atoms with Gasteiger partial charge in [0, 0.05) is 17.4 Å². The summed E-state index contributed by atoms with van der Waals surface area (Å²) < 4.78 is 29.3. The van der Waals surface area contributed by atoms with E-state index in [9.17, 15) is 8.42 Å². The molecule has 0 radical (unpaired) electrons. The van der Waals surface area contributed by atoms with Crippen LogP contribution >= 0.6 is 22.6 Å². The highest BCUT2D eigenvalue weighted by Gasteiger charge is 2.23. The van der Waals surface area contributed by atoms with Gasteiger partial charge in [-0.2, -0.15) is 0 Å². The number of halogens is 1. The first-order chi connectivity index (χ1) is 11.5. The van der Waals surface area contributed by atoms with E-state index in [2.05, 4.69) is 22.6 Å². The van der Waals surface area contributed by atoms with Gasteiger partial charge in [0.25, 0.3) is 0 Å². The van der Waals surface area contributed by atoms with Gasteiger partial charge in [0.2, 0.25) is 9.84 Å². The van der Waals surface area contributed by atoms with Crippen LogP contribution in [0.5, 0.6) is 0 Å². The molecule has 0 saturated carbocycles. The van der Waals surface area contributed by atoms with Gasteiger partial charge in [-0.1, -0.05) is 58.5 Å². The molecule has 5 heteroatoms. The molecule has 0 amide bonds. The highest BCUT2D eigenvalue weighted by Crippen LogP contribution is 2.28. The fourth-order valence-electron chi connectivity index (χ4n) is 2.84. The number of hydrogen-bond donors (Lipinski definition) is 0. The predicted octanol–water partition coefficient (Wildman–Crippen LogP) is 5.00. The van der Waals surface area contributed by atoms with Crippen molar-refractivity contribution < 1.29 is 8.42 Å². The average Bonchev–Trinajstić information content (AvgIpc) is 2.95. The molecule has 0 fully saturated rings. The normalized spacial score (nSPS) is 11.9. The number of sulfone groups is 1. The first-order valence-electron chi connectivity index (χ1n) is 8.00. The Morgan fingerprint density at radius 1 is 1.00 bits per heavy atom. The lowest BCUT2D eigenvalue weighted by Gasteiger charge is -2.11. The van der Waals surface area contributed by atoms with Crippen LogP contribution in [0.1, 0.15) is 18.4 Å². The molecule has 0 saturated heterocycles. The summed E-state index contributed by atoms with van der Waals surface area (Å²) in [5.41, 5.74) is 2.04. The van der Waals surface area contributed by atoms with Gasteiger partial charge in [0.05, 0.1) is 4.90 Å². The zero-order valence-corrected chi connectivity index (χ0v) is 16.5. The number of para-hydroxylation sites is 1. The van der Waals surface area contributed by atoms with Crippen molar-refractivity contribution in [1.29, 1.82) is 0 Å². The molecule has 1 aromatic heterocycles. The van der Waals surface area contributed by atoms with E-state index in [1.165, 1.54) is 0 Å². The van der Waals surface area contributed by atoms with E-state index in [0.717, 1.165) is 40.3 Å². The third-order valence-corrected chi connectivity index (χ3v) is 6.69. The molecule has 0 N–H and O–H groups in total. The van der Waals surface area contributed by atoms with Crippen LogP contribution in [0.2, 0.25) is 0 Å². The number of nitrogens with zero attached hydrogens (tertiary/aromatic N) is 1. The SMILES string of the molecule is Cc1ccc(S(=O)(=O)c2cc3ccccc3n2CCCCI)cc1. The smallest absolute Gasteiger partial charge is 0.222 e. The van der Waals surface area contributed by atoms with Crippen molar-refractivity contribution in [3.05, 3.63) is 60.2 Å². The minimum absolute atomic E-state index is 0.353. The number of fused-ring (bicyclic) bond motifs is 1. The monoisotopic (exact) mass is 453 g/mol. The fraction of sp³-hybridized carbons (Fsp3) is 0.263. The first-order valence-corrected chi connectivity index (χ1v) is 11.0.